The number of hydrogen-bond donors (Lipinski definition) is 2. The van der Waals surface area contributed by atoms with Crippen LogP contribution in [0.2, 0.25) is 10.0 Å². The van der Waals surface area contributed by atoms with E-state index in [0.717, 1.165) is 0 Å². The van der Waals surface area contributed by atoms with Gasteiger partial charge in [-0.15, -0.1) is 0 Å². The molecule has 0 heterocycles. The normalized spacial score (nSPS) is 9.95. The molecule has 0 bridgehead atoms. The summed E-state index contributed by atoms with van der Waals surface area (Å²) in [4.78, 5) is 22.3. The van der Waals surface area contributed by atoms with Crippen molar-refractivity contribution in [3.63, 3.8) is 0 Å². The third-order valence-electron chi connectivity index (χ3n) is 2.36. The van der Waals surface area contributed by atoms with E-state index in [9.17, 15) is 9.59 Å². The van der Waals surface area contributed by atoms with Gasteiger partial charge in [0.05, 0.1) is 11.6 Å². The first-order valence-electron chi connectivity index (χ1n) is 6.18. The van der Waals surface area contributed by atoms with Gasteiger partial charge in [0, 0.05) is 17.9 Å². The molecular weight excluding hydrogens is 303 g/mol. The Hall–Kier alpha value is -1.46. The number of amides is 2. The van der Waals surface area contributed by atoms with E-state index < -0.39 is 0 Å². The van der Waals surface area contributed by atoms with Gasteiger partial charge in [-0.1, -0.05) is 30.1 Å². The van der Waals surface area contributed by atoms with Crippen molar-refractivity contribution in [1.82, 2.24) is 10.9 Å². The number of ether oxygens (including phenoxy) is 1. The summed E-state index contributed by atoms with van der Waals surface area (Å²) >= 11 is 11.7. The fourth-order valence-corrected chi connectivity index (χ4v) is 1.76. The van der Waals surface area contributed by atoms with Gasteiger partial charge in [-0.2, -0.15) is 0 Å². The Kier molecular flexibility index (Phi) is 7.18. The number of halogens is 2. The summed E-state index contributed by atoms with van der Waals surface area (Å²) in [6.07, 6.45) is 1.07. The van der Waals surface area contributed by atoms with Crippen molar-refractivity contribution in [3.05, 3.63) is 28.2 Å². The van der Waals surface area contributed by atoms with Gasteiger partial charge in [0.2, 0.25) is 11.8 Å². The van der Waals surface area contributed by atoms with Gasteiger partial charge in [0.15, 0.2) is 0 Å². The lowest BCUT2D eigenvalue weighted by atomic mass is 10.3. The van der Waals surface area contributed by atoms with Crippen molar-refractivity contribution in [2.45, 2.75) is 26.2 Å². The number of rotatable bonds is 6. The van der Waals surface area contributed by atoms with Gasteiger partial charge < -0.3 is 4.74 Å². The molecule has 0 unspecified atom stereocenters. The maximum Gasteiger partial charge on any atom is 0.238 e. The summed E-state index contributed by atoms with van der Waals surface area (Å²) in [5.41, 5.74) is 4.60. The average molecular weight is 319 g/mol. The molecule has 0 aliphatic carbocycles. The van der Waals surface area contributed by atoms with Crippen LogP contribution in [0.1, 0.15) is 26.2 Å². The first kappa shape index (κ1) is 16.6. The second kappa shape index (κ2) is 8.66. The molecule has 0 saturated carbocycles. The van der Waals surface area contributed by atoms with Crippen LogP contribution in [0.4, 0.5) is 0 Å². The van der Waals surface area contributed by atoms with Crippen molar-refractivity contribution in [3.8, 4) is 5.75 Å². The number of carbonyl (C=O) groups excluding carboxylic acids is 2. The molecule has 0 aliphatic rings. The summed E-state index contributed by atoms with van der Waals surface area (Å²) in [5.74, 6) is 0.0240. The number of hydrazine groups is 1. The second-order valence-corrected chi connectivity index (χ2v) is 4.82. The minimum atomic E-state index is -0.266. The Morgan fingerprint density at radius 1 is 1.20 bits per heavy atom. The number of nitrogens with one attached hydrogen (secondary N) is 2. The highest BCUT2D eigenvalue weighted by Crippen LogP contribution is 2.27. The molecule has 0 radical (unpaired) electrons. The SMILES string of the molecule is CCC(=O)NNC(=O)CCCOc1ccc(Cl)cc1Cl. The summed E-state index contributed by atoms with van der Waals surface area (Å²) in [6, 6.07) is 4.94. The van der Waals surface area contributed by atoms with Crippen LogP contribution >= 0.6 is 23.2 Å². The van der Waals surface area contributed by atoms with E-state index in [1.165, 1.54) is 0 Å². The third-order valence-corrected chi connectivity index (χ3v) is 2.89. The Morgan fingerprint density at radius 2 is 1.90 bits per heavy atom. The standard InChI is InChI=1S/C13H16Cl2N2O3/c1-2-12(18)16-17-13(19)4-3-7-20-11-6-5-9(14)8-10(11)15/h5-6,8H,2-4,7H2,1H3,(H,16,18)(H,17,19). The second-order valence-electron chi connectivity index (χ2n) is 3.98. The van der Waals surface area contributed by atoms with Crippen molar-refractivity contribution in [2.24, 2.45) is 0 Å². The summed E-state index contributed by atoms with van der Waals surface area (Å²) in [7, 11) is 0. The highest BCUT2D eigenvalue weighted by Gasteiger charge is 2.05. The Bertz CT molecular complexity index is 481. The first-order valence-corrected chi connectivity index (χ1v) is 6.94. The van der Waals surface area contributed by atoms with Crippen molar-refractivity contribution >= 4 is 35.0 Å². The van der Waals surface area contributed by atoms with Gasteiger partial charge in [-0.3, -0.25) is 20.4 Å². The van der Waals surface area contributed by atoms with Crippen LogP contribution in [-0.4, -0.2) is 18.4 Å². The molecule has 7 heteroatoms. The lowest BCUT2D eigenvalue weighted by molar-refractivity contribution is -0.128. The van der Waals surface area contributed by atoms with Crippen molar-refractivity contribution in [1.29, 1.82) is 0 Å². The molecule has 0 spiro atoms. The molecule has 0 atom stereocenters. The zero-order chi connectivity index (χ0) is 15.0. The summed E-state index contributed by atoms with van der Waals surface area (Å²) in [5, 5.41) is 0.963. The van der Waals surface area contributed by atoms with E-state index in [-0.39, 0.29) is 18.2 Å². The highest BCUT2D eigenvalue weighted by atomic mass is 35.5. The maximum absolute atomic E-state index is 11.4. The lowest BCUT2D eigenvalue weighted by Crippen LogP contribution is -2.41. The number of hydrogen-bond acceptors (Lipinski definition) is 3. The molecule has 0 aromatic heterocycles. The van der Waals surface area contributed by atoms with Crippen molar-refractivity contribution < 1.29 is 14.3 Å². The molecule has 110 valence electrons. The van der Waals surface area contributed by atoms with E-state index in [1.807, 2.05) is 0 Å². The third kappa shape index (κ3) is 6.12. The molecule has 1 rings (SSSR count). The molecule has 5 nitrogen and oxygen atoms in total. The van der Waals surface area contributed by atoms with Gasteiger partial charge >= 0.3 is 0 Å². The quantitative estimate of drug-likeness (QED) is 0.626. The Labute approximate surface area is 127 Å². The fraction of sp³-hybridized carbons (Fsp3) is 0.385. The molecule has 0 fully saturated rings. The van der Waals surface area contributed by atoms with E-state index >= 15 is 0 Å². The molecule has 20 heavy (non-hydrogen) atoms. The predicted molar refractivity (Wildman–Crippen MR) is 77.8 cm³/mol. The van der Waals surface area contributed by atoms with E-state index in [0.29, 0.717) is 35.2 Å². The predicted octanol–water partition coefficient (Wildman–Crippen LogP) is 2.71. The van der Waals surface area contributed by atoms with Crippen LogP contribution in [0.3, 0.4) is 0 Å². The molecule has 0 aliphatic heterocycles. The number of benzene rings is 1. The molecule has 0 saturated heterocycles. The van der Waals surface area contributed by atoms with E-state index in [4.69, 9.17) is 27.9 Å². The lowest BCUT2D eigenvalue weighted by Gasteiger charge is -2.09. The van der Waals surface area contributed by atoms with Crippen LogP contribution in [0.15, 0.2) is 18.2 Å². The van der Waals surface area contributed by atoms with Crippen LogP contribution in [0.5, 0.6) is 5.75 Å². The highest BCUT2D eigenvalue weighted by molar-refractivity contribution is 6.35. The zero-order valence-corrected chi connectivity index (χ0v) is 12.6. The molecule has 1 aromatic carbocycles. The van der Waals surface area contributed by atoms with E-state index in [1.54, 1.807) is 25.1 Å². The van der Waals surface area contributed by atoms with Gasteiger partial charge in [-0.25, -0.2) is 0 Å². The minimum absolute atomic E-state index is 0.234. The summed E-state index contributed by atoms with van der Waals surface area (Å²) in [6.45, 7) is 2.04. The van der Waals surface area contributed by atoms with Gasteiger partial charge in [0.1, 0.15) is 5.75 Å². The molecule has 2 amide bonds. The average Bonchev–Trinajstić information content (AvgIpc) is 2.42. The smallest absolute Gasteiger partial charge is 0.238 e. The summed E-state index contributed by atoms with van der Waals surface area (Å²) < 4.78 is 5.43. The molecule has 1 aromatic rings. The first-order chi connectivity index (χ1) is 9.52. The topological polar surface area (TPSA) is 67.4 Å². The van der Waals surface area contributed by atoms with Crippen LogP contribution in [0, 0.1) is 0 Å². The van der Waals surface area contributed by atoms with E-state index in [2.05, 4.69) is 10.9 Å². The fourth-order valence-electron chi connectivity index (χ4n) is 1.30. The van der Waals surface area contributed by atoms with Crippen molar-refractivity contribution in [2.75, 3.05) is 6.61 Å². The molecule has 2 N–H and O–H groups in total. The van der Waals surface area contributed by atoms with Crippen LogP contribution in [0.25, 0.3) is 0 Å². The minimum Gasteiger partial charge on any atom is -0.492 e. The maximum atomic E-state index is 11.4. The molecular formula is C13H16Cl2N2O3. The zero-order valence-electron chi connectivity index (χ0n) is 11.0. The Balaban J connectivity index is 2.21. The monoisotopic (exact) mass is 318 g/mol. The van der Waals surface area contributed by atoms with Gasteiger partial charge in [-0.05, 0) is 24.6 Å². The van der Waals surface area contributed by atoms with Crippen LogP contribution in [-0.2, 0) is 9.59 Å². The number of carbonyl (C=O) groups is 2. The largest absolute Gasteiger partial charge is 0.492 e. The Morgan fingerprint density at radius 3 is 2.55 bits per heavy atom. The van der Waals surface area contributed by atoms with Crippen LogP contribution < -0.4 is 15.6 Å². The van der Waals surface area contributed by atoms with Gasteiger partial charge in [0.25, 0.3) is 0 Å².